The molecule has 0 saturated carbocycles. The monoisotopic (exact) mass is 206 g/mol. The van der Waals surface area contributed by atoms with Crippen LogP contribution in [0.1, 0.15) is 23.7 Å². The van der Waals surface area contributed by atoms with E-state index in [2.05, 4.69) is 5.32 Å². The van der Waals surface area contributed by atoms with E-state index in [0.717, 1.165) is 0 Å². The average Bonchev–Trinajstić information content (AvgIpc) is 2.26. The van der Waals surface area contributed by atoms with E-state index in [-0.39, 0.29) is 11.7 Å². The Hall–Kier alpha value is -1.89. The number of nitrogens with one attached hydrogen (secondary N) is 1. The molecule has 78 valence electrons. The molecule has 1 atom stereocenters. The summed E-state index contributed by atoms with van der Waals surface area (Å²) < 4.78 is 12.6. The lowest BCUT2D eigenvalue weighted by atomic mass is 10.2. The summed E-state index contributed by atoms with van der Waals surface area (Å²) in [6.45, 7) is 1.80. The van der Waals surface area contributed by atoms with Crippen LogP contribution in [0.25, 0.3) is 0 Å². The number of amides is 1. The Morgan fingerprint density at radius 2 is 2.13 bits per heavy atom. The summed E-state index contributed by atoms with van der Waals surface area (Å²) in [5, 5.41) is 11.2. The van der Waals surface area contributed by atoms with Crippen molar-refractivity contribution in [2.45, 2.75) is 19.4 Å². The Morgan fingerprint density at radius 3 is 2.60 bits per heavy atom. The first kappa shape index (κ1) is 11.2. The van der Waals surface area contributed by atoms with Gasteiger partial charge < -0.3 is 5.32 Å². The van der Waals surface area contributed by atoms with Gasteiger partial charge in [0, 0.05) is 5.56 Å². The highest BCUT2D eigenvalue weighted by molar-refractivity contribution is 5.94. The first-order valence-corrected chi connectivity index (χ1v) is 4.63. The van der Waals surface area contributed by atoms with Crippen molar-refractivity contribution in [1.82, 2.24) is 5.32 Å². The van der Waals surface area contributed by atoms with E-state index in [9.17, 15) is 9.18 Å². The number of nitriles is 1. The average molecular weight is 206 g/mol. The number of carbonyl (C=O) groups is 1. The summed E-state index contributed by atoms with van der Waals surface area (Å²) in [6.07, 6.45) is 0.545. The Bertz CT molecular complexity index is 381. The van der Waals surface area contributed by atoms with E-state index in [4.69, 9.17) is 5.26 Å². The first-order chi connectivity index (χ1) is 7.17. The third-order valence-corrected chi connectivity index (χ3v) is 1.98. The number of nitrogens with zero attached hydrogens (tertiary/aromatic N) is 1. The highest BCUT2D eigenvalue weighted by atomic mass is 19.1. The molecule has 0 spiro atoms. The minimum absolute atomic E-state index is 0.352. The van der Waals surface area contributed by atoms with Crippen molar-refractivity contribution in [2.24, 2.45) is 0 Å². The lowest BCUT2D eigenvalue weighted by Gasteiger charge is -2.08. The van der Waals surface area contributed by atoms with Gasteiger partial charge in [0.05, 0.1) is 6.07 Å². The van der Waals surface area contributed by atoms with Crippen LogP contribution < -0.4 is 5.32 Å². The van der Waals surface area contributed by atoms with Gasteiger partial charge in [0.1, 0.15) is 11.9 Å². The van der Waals surface area contributed by atoms with Crippen LogP contribution in [0.2, 0.25) is 0 Å². The normalized spacial score (nSPS) is 11.5. The summed E-state index contributed by atoms with van der Waals surface area (Å²) in [4.78, 5) is 11.5. The molecule has 1 aromatic rings. The molecule has 1 aromatic carbocycles. The zero-order valence-corrected chi connectivity index (χ0v) is 8.33. The van der Waals surface area contributed by atoms with Crippen molar-refractivity contribution in [3.05, 3.63) is 35.6 Å². The fourth-order valence-corrected chi connectivity index (χ4v) is 1.07. The lowest BCUT2D eigenvalue weighted by molar-refractivity contribution is 0.0944. The van der Waals surface area contributed by atoms with Crippen LogP contribution in [0, 0.1) is 17.1 Å². The van der Waals surface area contributed by atoms with Gasteiger partial charge in [-0.05, 0) is 30.7 Å². The number of carbonyl (C=O) groups excluding carboxylic acids is 1. The molecular formula is C11H11FN2O. The quantitative estimate of drug-likeness (QED) is 0.820. The summed E-state index contributed by atoms with van der Waals surface area (Å²) in [6, 6.07) is 6.65. The molecule has 0 aliphatic heterocycles. The third-order valence-electron chi connectivity index (χ3n) is 1.98. The fourth-order valence-electron chi connectivity index (χ4n) is 1.07. The fraction of sp³-hybridized carbons (Fsp3) is 0.273. The van der Waals surface area contributed by atoms with Crippen molar-refractivity contribution in [1.29, 1.82) is 5.26 Å². The van der Waals surface area contributed by atoms with Gasteiger partial charge in [-0.1, -0.05) is 6.92 Å². The number of benzene rings is 1. The second-order valence-corrected chi connectivity index (χ2v) is 3.07. The van der Waals surface area contributed by atoms with Crippen molar-refractivity contribution in [2.75, 3.05) is 0 Å². The molecule has 1 amide bonds. The molecule has 0 aliphatic carbocycles. The third kappa shape index (κ3) is 3.06. The van der Waals surface area contributed by atoms with Gasteiger partial charge in [-0.2, -0.15) is 5.26 Å². The molecule has 0 heterocycles. The van der Waals surface area contributed by atoms with E-state index < -0.39 is 6.04 Å². The molecule has 0 radical (unpaired) electrons. The molecule has 1 unspecified atom stereocenters. The second-order valence-electron chi connectivity index (χ2n) is 3.07. The number of halogens is 1. The Kier molecular flexibility index (Phi) is 3.81. The van der Waals surface area contributed by atoms with Crippen LogP contribution in [0.3, 0.4) is 0 Å². The van der Waals surface area contributed by atoms with Crippen LogP contribution >= 0.6 is 0 Å². The predicted molar refractivity (Wildman–Crippen MR) is 53.6 cm³/mol. The standard InChI is InChI=1S/C11H11FN2O/c1-2-10(7-13)14-11(15)8-3-5-9(12)6-4-8/h3-6,10H,2H2,1H3,(H,14,15). The van der Waals surface area contributed by atoms with E-state index in [0.29, 0.717) is 12.0 Å². The van der Waals surface area contributed by atoms with Crippen LogP contribution in [-0.4, -0.2) is 11.9 Å². The van der Waals surface area contributed by atoms with Gasteiger partial charge >= 0.3 is 0 Å². The molecule has 0 aliphatic rings. The topological polar surface area (TPSA) is 52.9 Å². The van der Waals surface area contributed by atoms with Gasteiger partial charge in [-0.15, -0.1) is 0 Å². The maximum absolute atomic E-state index is 12.6. The maximum atomic E-state index is 12.6. The van der Waals surface area contributed by atoms with Crippen LogP contribution in [0.15, 0.2) is 24.3 Å². The van der Waals surface area contributed by atoms with E-state index >= 15 is 0 Å². The summed E-state index contributed by atoms with van der Waals surface area (Å²) in [5.41, 5.74) is 0.352. The van der Waals surface area contributed by atoms with E-state index in [1.807, 2.05) is 6.07 Å². The first-order valence-electron chi connectivity index (χ1n) is 4.63. The Morgan fingerprint density at radius 1 is 1.53 bits per heavy atom. The molecule has 1 N–H and O–H groups in total. The van der Waals surface area contributed by atoms with Gasteiger partial charge in [-0.25, -0.2) is 4.39 Å². The number of rotatable bonds is 3. The lowest BCUT2D eigenvalue weighted by Crippen LogP contribution is -2.33. The van der Waals surface area contributed by atoms with E-state index in [1.54, 1.807) is 6.92 Å². The second kappa shape index (κ2) is 5.11. The van der Waals surface area contributed by atoms with Crippen molar-refractivity contribution in [3.8, 4) is 6.07 Å². The van der Waals surface area contributed by atoms with Crippen LogP contribution in [-0.2, 0) is 0 Å². The highest BCUT2D eigenvalue weighted by Gasteiger charge is 2.10. The molecule has 3 nitrogen and oxygen atoms in total. The Labute approximate surface area is 87.5 Å². The highest BCUT2D eigenvalue weighted by Crippen LogP contribution is 2.03. The summed E-state index contributed by atoms with van der Waals surface area (Å²) in [7, 11) is 0. The minimum Gasteiger partial charge on any atom is -0.336 e. The van der Waals surface area contributed by atoms with Gasteiger partial charge in [-0.3, -0.25) is 4.79 Å². The molecule has 0 bridgehead atoms. The van der Waals surface area contributed by atoms with Crippen molar-refractivity contribution in [3.63, 3.8) is 0 Å². The van der Waals surface area contributed by atoms with Crippen LogP contribution in [0.4, 0.5) is 4.39 Å². The van der Waals surface area contributed by atoms with E-state index in [1.165, 1.54) is 24.3 Å². The number of hydrogen-bond acceptors (Lipinski definition) is 2. The molecule has 0 fully saturated rings. The van der Waals surface area contributed by atoms with Gasteiger partial charge in [0.25, 0.3) is 5.91 Å². The SMILES string of the molecule is CCC(C#N)NC(=O)c1ccc(F)cc1. The molecule has 1 rings (SSSR count). The molecule has 15 heavy (non-hydrogen) atoms. The maximum Gasteiger partial charge on any atom is 0.252 e. The Balaban J connectivity index is 2.70. The largest absolute Gasteiger partial charge is 0.336 e. The number of hydrogen-bond donors (Lipinski definition) is 1. The summed E-state index contributed by atoms with van der Waals surface area (Å²) >= 11 is 0. The van der Waals surface area contributed by atoms with Gasteiger partial charge in [0.2, 0.25) is 0 Å². The zero-order chi connectivity index (χ0) is 11.3. The molecular weight excluding hydrogens is 195 g/mol. The molecule has 0 aromatic heterocycles. The molecule has 0 saturated heterocycles. The van der Waals surface area contributed by atoms with Crippen LogP contribution in [0.5, 0.6) is 0 Å². The minimum atomic E-state index is -0.498. The summed E-state index contributed by atoms with van der Waals surface area (Å²) in [5.74, 6) is -0.748. The van der Waals surface area contributed by atoms with Gasteiger partial charge in [0.15, 0.2) is 0 Å². The predicted octanol–water partition coefficient (Wildman–Crippen LogP) is 1.86. The zero-order valence-electron chi connectivity index (χ0n) is 8.33. The van der Waals surface area contributed by atoms with Crippen molar-refractivity contribution < 1.29 is 9.18 Å². The molecule has 4 heteroatoms. The smallest absolute Gasteiger partial charge is 0.252 e. The van der Waals surface area contributed by atoms with Crippen molar-refractivity contribution >= 4 is 5.91 Å².